The summed E-state index contributed by atoms with van der Waals surface area (Å²) in [5.41, 5.74) is 0.0370. The maximum Gasteiger partial charge on any atom is 0.221 e. The van der Waals surface area contributed by atoms with Gasteiger partial charge in [0.1, 0.15) is 0 Å². The fourth-order valence-electron chi connectivity index (χ4n) is 0.796. The molecule has 0 aromatic carbocycles. The highest BCUT2D eigenvalue weighted by atomic mass is 16.2. The molecule has 4 nitrogen and oxygen atoms in total. The summed E-state index contributed by atoms with van der Waals surface area (Å²) in [6.45, 7) is 1.27. The third-order valence-corrected chi connectivity index (χ3v) is 1.26. The second-order valence-electron chi connectivity index (χ2n) is 2.34. The van der Waals surface area contributed by atoms with E-state index in [0.29, 0.717) is 0 Å². The van der Waals surface area contributed by atoms with E-state index in [4.69, 9.17) is 0 Å². The molecule has 1 amide bonds. The molecule has 0 aliphatic heterocycles. The Morgan fingerprint density at radius 2 is 2.00 bits per heavy atom. The van der Waals surface area contributed by atoms with Crippen LogP contribution in [0.1, 0.15) is 6.92 Å². The molecule has 0 unspecified atom stereocenters. The van der Waals surface area contributed by atoms with Gasteiger partial charge in [-0.25, -0.2) is 0 Å². The Labute approximate surface area is 68.9 Å². The summed E-state index contributed by atoms with van der Waals surface area (Å²) in [5, 5.41) is 2.26. The summed E-state index contributed by atoms with van der Waals surface area (Å²) in [7, 11) is 0. The number of amides is 1. The minimum atomic E-state index is -0.363. The molecule has 1 aliphatic rings. The molecule has 0 radical (unpaired) electrons. The summed E-state index contributed by atoms with van der Waals surface area (Å²) in [6.07, 6.45) is 3.39. The number of rotatable bonds is 1. The molecule has 0 spiro atoms. The van der Waals surface area contributed by atoms with E-state index in [0.717, 1.165) is 18.2 Å². The largest absolute Gasteiger partial charge is 0.323 e. The van der Waals surface area contributed by atoms with Gasteiger partial charge in [-0.2, -0.15) is 0 Å². The van der Waals surface area contributed by atoms with Crippen molar-refractivity contribution in [3.63, 3.8) is 0 Å². The van der Waals surface area contributed by atoms with Crippen molar-refractivity contribution < 1.29 is 14.4 Å². The van der Waals surface area contributed by atoms with Crippen LogP contribution < -0.4 is 5.32 Å². The highest BCUT2D eigenvalue weighted by Gasteiger charge is 2.13. The molecule has 0 atom stereocenters. The normalized spacial score (nSPS) is 15.9. The lowest BCUT2D eigenvalue weighted by atomic mass is 10.1. The highest BCUT2D eigenvalue weighted by Crippen LogP contribution is 2.01. The second kappa shape index (κ2) is 3.13. The average molecular weight is 165 g/mol. The standard InChI is InChI=1S/C8H7NO3/c1-5(10)9-7-4-6(11)2-3-8(7)12/h2-4H,1H3,(H,9,10). The highest BCUT2D eigenvalue weighted by molar-refractivity contribution is 6.18. The molecule has 0 aromatic heterocycles. The van der Waals surface area contributed by atoms with Gasteiger partial charge in [0.2, 0.25) is 11.7 Å². The smallest absolute Gasteiger partial charge is 0.221 e. The second-order valence-corrected chi connectivity index (χ2v) is 2.34. The number of hydrogen-bond acceptors (Lipinski definition) is 3. The van der Waals surface area contributed by atoms with E-state index in [9.17, 15) is 14.4 Å². The molecular formula is C8H7NO3. The lowest BCUT2D eigenvalue weighted by Gasteiger charge is -2.05. The number of hydrogen-bond donors (Lipinski definition) is 1. The van der Waals surface area contributed by atoms with E-state index in [1.54, 1.807) is 0 Å². The summed E-state index contributed by atoms with van der Waals surface area (Å²) in [6, 6.07) is 0. The zero-order valence-electron chi connectivity index (χ0n) is 6.46. The molecule has 0 heterocycles. The van der Waals surface area contributed by atoms with Crippen molar-refractivity contribution in [2.75, 3.05) is 0 Å². The Morgan fingerprint density at radius 1 is 1.33 bits per heavy atom. The number of nitrogens with one attached hydrogen (secondary N) is 1. The minimum Gasteiger partial charge on any atom is -0.323 e. The molecule has 0 saturated heterocycles. The molecule has 62 valence electrons. The zero-order valence-corrected chi connectivity index (χ0v) is 6.46. The van der Waals surface area contributed by atoms with Crippen molar-refractivity contribution in [2.45, 2.75) is 6.92 Å². The lowest BCUT2D eigenvalue weighted by Crippen LogP contribution is -2.26. The van der Waals surface area contributed by atoms with E-state index < -0.39 is 0 Å². The van der Waals surface area contributed by atoms with Gasteiger partial charge in [0.05, 0.1) is 5.70 Å². The third kappa shape index (κ3) is 1.88. The van der Waals surface area contributed by atoms with Gasteiger partial charge >= 0.3 is 0 Å². The van der Waals surface area contributed by atoms with Gasteiger partial charge < -0.3 is 5.32 Å². The van der Waals surface area contributed by atoms with Crippen molar-refractivity contribution in [1.29, 1.82) is 0 Å². The zero-order chi connectivity index (χ0) is 9.14. The number of allylic oxidation sites excluding steroid dienone is 3. The number of carbonyl (C=O) groups excluding carboxylic acids is 3. The minimum absolute atomic E-state index is 0.0370. The lowest BCUT2D eigenvalue weighted by molar-refractivity contribution is -0.120. The molecule has 1 rings (SSSR count). The van der Waals surface area contributed by atoms with Crippen LogP contribution in [0, 0.1) is 0 Å². The van der Waals surface area contributed by atoms with E-state index in [-0.39, 0.29) is 23.2 Å². The Hall–Kier alpha value is -1.71. The average Bonchev–Trinajstić information content (AvgIpc) is 1.96. The maximum atomic E-state index is 11.0. The van der Waals surface area contributed by atoms with Crippen LogP contribution >= 0.6 is 0 Å². The van der Waals surface area contributed by atoms with Crippen LogP contribution in [0.4, 0.5) is 0 Å². The van der Waals surface area contributed by atoms with Gasteiger partial charge in [0.25, 0.3) is 0 Å². The molecular weight excluding hydrogens is 158 g/mol. The van der Waals surface area contributed by atoms with Gasteiger partial charge in [-0.1, -0.05) is 0 Å². The van der Waals surface area contributed by atoms with Crippen molar-refractivity contribution in [3.05, 3.63) is 23.9 Å². The summed E-state index contributed by atoms with van der Waals surface area (Å²) in [5.74, 6) is -1.01. The quantitative estimate of drug-likeness (QED) is 0.543. The SMILES string of the molecule is CC(=O)NC1=CC(=O)C=CC1=O. The van der Waals surface area contributed by atoms with E-state index in [1.807, 2.05) is 0 Å². The summed E-state index contributed by atoms with van der Waals surface area (Å²) in [4.78, 5) is 32.2. The fourth-order valence-corrected chi connectivity index (χ4v) is 0.796. The maximum absolute atomic E-state index is 11.0. The first-order valence-corrected chi connectivity index (χ1v) is 3.35. The van der Waals surface area contributed by atoms with Crippen molar-refractivity contribution in [1.82, 2.24) is 5.32 Å². The monoisotopic (exact) mass is 165 g/mol. The summed E-state index contributed by atoms with van der Waals surface area (Å²) >= 11 is 0. The number of carbonyl (C=O) groups is 3. The van der Waals surface area contributed by atoms with Crippen LogP contribution in [-0.4, -0.2) is 17.5 Å². The fraction of sp³-hybridized carbons (Fsp3) is 0.125. The van der Waals surface area contributed by atoms with E-state index in [2.05, 4.69) is 5.32 Å². The first-order valence-electron chi connectivity index (χ1n) is 3.35. The Kier molecular flexibility index (Phi) is 2.19. The summed E-state index contributed by atoms with van der Waals surface area (Å²) < 4.78 is 0. The first-order chi connectivity index (χ1) is 5.59. The van der Waals surface area contributed by atoms with E-state index >= 15 is 0 Å². The van der Waals surface area contributed by atoms with Gasteiger partial charge in [-0.3, -0.25) is 14.4 Å². The van der Waals surface area contributed by atoms with Crippen molar-refractivity contribution in [2.24, 2.45) is 0 Å². The van der Waals surface area contributed by atoms with Gasteiger partial charge in [0, 0.05) is 13.0 Å². The Morgan fingerprint density at radius 3 is 2.58 bits per heavy atom. The first kappa shape index (κ1) is 8.39. The van der Waals surface area contributed by atoms with Crippen LogP contribution in [0.25, 0.3) is 0 Å². The van der Waals surface area contributed by atoms with Crippen molar-refractivity contribution in [3.8, 4) is 0 Å². The Balaban J connectivity index is 2.81. The predicted molar refractivity (Wildman–Crippen MR) is 41.1 cm³/mol. The molecule has 0 saturated carbocycles. The van der Waals surface area contributed by atoms with Crippen LogP contribution in [0.2, 0.25) is 0 Å². The van der Waals surface area contributed by atoms with Crippen molar-refractivity contribution >= 4 is 17.5 Å². The predicted octanol–water partition coefficient (Wildman–Crippen LogP) is -0.286. The molecule has 0 aromatic rings. The molecule has 1 N–H and O–H groups in total. The van der Waals surface area contributed by atoms with Crippen LogP contribution in [0.3, 0.4) is 0 Å². The Bertz CT molecular complexity index is 312. The van der Waals surface area contributed by atoms with Crippen LogP contribution in [0.5, 0.6) is 0 Å². The molecule has 0 bridgehead atoms. The third-order valence-electron chi connectivity index (χ3n) is 1.26. The molecule has 4 heteroatoms. The van der Waals surface area contributed by atoms with Crippen LogP contribution in [0.15, 0.2) is 23.9 Å². The topological polar surface area (TPSA) is 63.2 Å². The van der Waals surface area contributed by atoms with Crippen LogP contribution in [-0.2, 0) is 14.4 Å². The molecule has 12 heavy (non-hydrogen) atoms. The van der Waals surface area contributed by atoms with Gasteiger partial charge in [-0.15, -0.1) is 0 Å². The van der Waals surface area contributed by atoms with Gasteiger partial charge in [-0.05, 0) is 12.2 Å². The number of ketones is 2. The van der Waals surface area contributed by atoms with E-state index in [1.165, 1.54) is 6.92 Å². The molecule has 1 aliphatic carbocycles. The van der Waals surface area contributed by atoms with Gasteiger partial charge in [0.15, 0.2) is 5.78 Å². The molecule has 0 fully saturated rings.